The lowest BCUT2D eigenvalue weighted by Crippen LogP contribution is -2.36. The lowest BCUT2D eigenvalue weighted by Gasteiger charge is -2.15. The molecule has 3 nitrogen and oxygen atoms in total. The average molecular weight is 367 g/mol. The second-order valence-corrected chi connectivity index (χ2v) is 7.71. The fourth-order valence-electron chi connectivity index (χ4n) is 3.40. The topological polar surface area (TPSA) is 41.1 Å². The van der Waals surface area contributed by atoms with E-state index in [2.05, 4.69) is 30.2 Å². The van der Waals surface area contributed by atoms with Crippen molar-refractivity contribution < 1.29 is 7.65 Å². The van der Waals surface area contributed by atoms with E-state index < -0.39 is 0 Å². The van der Waals surface area contributed by atoms with Crippen LogP contribution in [0.25, 0.3) is 0 Å². The summed E-state index contributed by atoms with van der Waals surface area (Å²) in [6, 6.07) is -0.0719. The van der Waals surface area contributed by atoms with Crippen molar-refractivity contribution in [1.29, 1.82) is 0 Å². The molecule has 26 heavy (non-hydrogen) atoms. The first kappa shape index (κ1) is 22.8. The van der Waals surface area contributed by atoms with Gasteiger partial charge < -0.3 is 10.6 Å². The van der Waals surface area contributed by atoms with Crippen molar-refractivity contribution in [3.63, 3.8) is 0 Å². The zero-order chi connectivity index (χ0) is 18.9. The minimum atomic E-state index is -0.0719. The van der Waals surface area contributed by atoms with Gasteiger partial charge in [0.1, 0.15) is 0 Å². The van der Waals surface area contributed by atoms with Crippen molar-refractivity contribution in [2.45, 2.75) is 117 Å². The molecule has 0 aromatic rings. The lowest BCUT2D eigenvalue weighted by molar-refractivity contribution is 0.242. The number of urea groups is 1. The van der Waals surface area contributed by atoms with E-state index in [1.54, 1.807) is 0 Å². The van der Waals surface area contributed by atoms with Gasteiger partial charge in [-0.05, 0) is 18.4 Å². The van der Waals surface area contributed by atoms with Gasteiger partial charge in [0.2, 0.25) is 0 Å². The Labute approximate surface area is 165 Å². The molecule has 0 aromatic heterocycles. The maximum absolute atomic E-state index is 11.7. The van der Waals surface area contributed by atoms with Gasteiger partial charge in [0.15, 0.2) is 0 Å². The number of unbranched alkanes of at least 4 members (excludes halogenated alkanes) is 13. The van der Waals surface area contributed by atoms with Crippen LogP contribution < -0.4 is 10.6 Å². The van der Waals surface area contributed by atoms with Gasteiger partial charge in [-0.1, -0.05) is 103 Å². The Morgan fingerprint density at radius 2 is 1.31 bits per heavy atom. The number of rotatable bonds is 17. The van der Waals surface area contributed by atoms with Crippen molar-refractivity contribution in [3.8, 4) is 0 Å². The van der Waals surface area contributed by atoms with Crippen LogP contribution in [0, 0.1) is 0 Å². The number of amides is 2. The Bertz CT molecular complexity index is 446. The summed E-state index contributed by atoms with van der Waals surface area (Å²) in [5, 5.41) is 5.80. The molecule has 0 atom stereocenters. The van der Waals surface area contributed by atoms with Crippen LogP contribution in [0.5, 0.6) is 0 Å². The highest BCUT2D eigenvalue weighted by Crippen LogP contribution is 2.19. The summed E-state index contributed by atoms with van der Waals surface area (Å²) >= 11 is 0. The van der Waals surface area contributed by atoms with E-state index in [1.807, 2.05) is 0 Å². The molecule has 1 aliphatic rings. The molecule has 0 spiro atoms. The predicted molar refractivity (Wildman–Crippen MR) is 117 cm³/mol. The zero-order valence-electron chi connectivity index (χ0n) is 17.4. The molecule has 0 saturated carbocycles. The Morgan fingerprint density at radius 3 is 1.77 bits per heavy atom. The molecule has 2 N–H and O–H groups in total. The van der Waals surface area contributed by atoms with E-state index >= 15 is 0 Å². The van der Waals surface area contributed by atoms with Crippen LogP contribution >= 0.6 is 0 Å². The standard InChI is InChI=1S/C23H42N2O.2H2/c1-3-5-6-7-8-9-10-11-12-13-14-15-16-17-18-24-23(26)25-22-19-21(4-2)20-22;;/h3-19H2,1-2H3,(H2,24,25,26);2*1H. The van der Waals surface area contributed by atoms with Gasteiger partial charge in [-0.15, -0.1) is 0 Å². The summed E-state index contributed by atoms with van der Waals surface area (Å²) in [6.07, 6.45) is 21.0. The third-order valence-corrected chi connectivity index (χ3v) is 5.22. The van der Waals surface area contributed by atoms with E-state index in [9.17, 15) is 4.79 Å². The fourth-order valence-corrected chi connectivity index (χ4v) is 3.40. The summed E-state index contributed by atoms with van der Waals surface area (Å²) in [5.74, 6) is 0. The lowest BCUT2D eigenvalue weighted by atomic mass is 10.0. The fraction of sp³-hybridized carbons (Fsp3) is 0.826. The second kappa shape index (κ2) is 16.0. The highest BCUT2D eigenvalue weighted by molar-refractivity contribution is 5.76. The molecule has 2 amide bonds. The number of carbonyl (C=O) groups is 1. The van der Waals surface area contributed by atoms with Crippen molar-refractivity contribution in [2.24, 2.45) is 0 Å². The van der Waals surface area contributed by atoms with Crippen LogP contribution in [0.3, 0.4) is 0 Å². The third kappa shape index (κ3) is 12.2. The third-order valence-electron chi connectivity index (χ3n) is 5.22. The van der Waals surface area contributed by atoms with Crippen LogP contribution in [0.1, 0.15) is 119 Å². The first-order valence-electron chi connectivity index (χ1n) is 11.3. The van der Waals surface area contributed by atoms with Gasteiger partial charge in [-0.25, -0.2) is 4.79 Å². The molecule has 0 aliphatic heterocycles. The van der Waals surface area contributed by atoms with Gasteiger partial charge in [0.25, 0.3) is 0 Å². The van der Waals surface area contributed by atoms with Gasteiger partial charge in [0.05, 0.1) is 5.70 Å². The van der Waals surface area contributed by atoms with Gasteiger partial charge in [-0.2, -0.15) is 0 Å². The maximum Gasteiger partial charge on any atom is 0.319 e. The first-order valence-corrected chi connectivity index (χ1v) is 11.3. The van der Waals surface area contributed by atoms with Crippen LogP contribution in [-0.4, -0.2) is 12.6 Å². The highest BCUT2D eigenvalue weighted by Gasteiger charge is 2.11. The van der Waals surface area contributed by atoms with Crippen molar-refractivity contribution in [3.05, 3.63) is 17.0 Å². The molecule has 1 aliphatic carbocycles. The Hall–Kier alpha value is -1.21. The van der Waals surface area contributed by atoms with Crippen molar-refractivity contribution >= 4 is 6.03 Å². The second-order valence-electron chi connectivity index (χ2n) is 7.71. The van der Waals surface area contributed by atoms with Crippen LogP contribution in [-0.2, 0) is 0 Å². The normalized spacial score (nSPS) is 13.0. The largest absolute Gasteiger partial charge is 0.338 e. The minimum absolute atomic E-state index is 0. The molecule has 0 fully saturated rings. The van der Waals surface area contributed by atoms with E-state index in [1.165, 1.54) is 89.0 Å². The summed E-state index contributed by atoms with van der Waals surface area (Å²) in [4.78, 5) is 11.7. The van der Waals surface area contributed by atoms with Crippen molar-refractivity contribution in [2.75, 3.05) is 6.54 Å². The van der Waals surface area contributed by atoms with Crippen molar-refractivity contribution in [1.82, 2.24) is 10.6 Å². The molecule has 154 valence electrons. The molecule has 0 radical (unpaired) electrons. The summed E-state index contributed by atoms with van der Waals surface area (Å²) < 4.78 is 0. The number of hydrogen-bond donors (Lipinski definition) is 2. The SMILES string of the molecule is CCCCCCCCCCCCCCCCNC(=O)NC1=C=C(CC)C1.[HH].[HH]. The predicted octanol–water partition coefficient (Wildman–Crippen LogP) is 7.48. The number of carbonyl (C=O) groups excluding carboxylic acids is 1. The molecule has 1 rings (SSSR count). The van der Waals surface area contributed by atoms with E-state index in [0.29, 0.717) is 0 Å². The molecule has 0 bridgehead atoms. The Morgan fingerprint density at radius 1 is 0.846 bits per heavy atom. The smallest absolute Gasteiger partial charge is 0.319 e. The van der Waals surface area contributed by atoms with E-state index in [4.69, 9.17) is 0 Å². The van der Waals surface area contributed by atoms with Crippen LogP contribution in [0.4, 0.5) is 4.79 Å². The van der Waals surface area contributed by atoms with Gasteiger partial charge in [0, 0.05) is 15.8 Å². The minimum Gasteiger partial charge on any atom is -0.338 e. The summed E-state index contributed by atoms with van der Waals surface area (Å²) in [7, 11) is 0. The van der Waals surface area contributed by atoms with E-state index in [-0.39, 0.29) is 8.88 Å². The summed E-state index contributed by atoms with van der Waals surface area (Å²) in [5.41, 5.74) is 5.41. The van der Waals surface area contributed by atoms with Crippen LogP contribution in [0.2, 0.25) is 0 Å². The quantitative estimate of drug-likeness (QED) is 0.203. The van der Waals surface area contributed by atoms with Crippen LogP contribution in [0.15, 0.2) is 17.0 Å². The molecular formula is C23H46N2O. The molecule has 3 heteroatoms. The summed E-state index contributed by atoms with van der Waals surface area (Å²) in [6.45, 7) is 5.18. The van der Waals surface area contributed by atoms with Gasteiger partial charge >= 0.3 is 6.03 Å². The zero-order valence-corrected chi connectivity index (χ0v) is 17.4. The monoisotopic (exact) mass is 366 g/mol. The average Bonchev–Trinajstić information content (AvgIpc) is 2.61. The molecule has 0 heterocycles. The first-order chi connectivity index (χ1) is 12.8. The molecular weight excluding hydrogens is 320 g/mol. The molecule has 0 unspecified atom stereocenters. The Balaban J connectivity index is 0. The maximum atomic E-state index is 11.7. The molecule has 0 aromatic carbocycles. The Kier molecular flexibility index (Phi) is 14.0. The number of nitrogens with one attached hydrogen (secondary N) is 2. The van der Waals surface area contributed by atoms with Gasteiger partial charge in [-0.3, -0.25) is 0 Å². The highest BCUT2D eigenvalue weighted by atomic mass is 16.2. The van der Waals surface area contributed by atoms with E-state index in [0.717, 1.165) is 31.5 Å². The molecule has 0 saturated heterocycles. The number of hydrogen-bond acceptors (Lipinski definition) is 1.